The Morgan fingerprint density at radius 1 is 1.14 bits per heavy atom. The molecular weight excluding hydrogens is 321 g/mol. The minimum Gasteiger partial charge on any atom is -0.353 e. The summed E-state index contributed by atoms with van der Waals surface area (Å²) in [6.07, 6.45) is 0.660. The lowest BCUT2D eigenvalue weighted by Crippen LogP contribution is -2.44. The number of hydrogen-bond donors (Lipinski definition) is 2. The first-order chi connectivity index (χ1) is 9.63. The van der Waals surface area contributed by atoms with Crippen LogP contribution in [0.25, 0.3) is 0 Å². The number of nitrogens with one attached hydrogen (secondary N) is 1. The minimum absolute atomic E-state index is 0. The van der Waals surface area contributed by atoms with Gasteiger partial charge in [0.1, 0.15) is 0 Å². The number of benzene rings is 1. The van der Waals surface area contributed by atoms with Crippen LogP contribution < -0.4 is 11.1 Å². The van der Waals surface area contributed by atoms with Crippen molar-refractivity contribution in [3.05, 3.63) is 35.9 Å². The standard InChI is InChI=1S/C16H27N3O.2ClH/c1-4-14(17)16(20)18-12-15(19(5-2)6-3)13-10-8-7-9-11-13;;/h7-11,14-15H,4-6,12,17H2,1-3H3,(H,18,20);2*1H/t14-,15?;;/m0../s1. The summed E-state index contributed by atoms with van der Waals surface area (Å²) in [6.45, 7) is 8.69. The lowest BCUT2D eigenvalue weighted by Gasteiger charge is -2.30. The molecular formula is C16H29Cl2N3O. The fraction of sp³-hybridized carbons (Fsp3) is 0.562. The van der Waals surface area contributed by atoms with Gasteiger partial charge in [-0.25, -0.2) is 0 Å². The Kier molecular flexibility index (Phi) is 13.5. The fourth-order valence-electron chi connectivity index (χ4n) is 2.31. The topological polar surface area (TPSA) is 58.4 Å². The van der Waals surface area contributed by atoms with E-state index in [1.54, 1.807) is 0 Å². The fourth-order valence-corrected chi connectivity index (χ4v) is 2.31. The lowest BCUT2D eigenvalue weighted by molar-refractivity contribution is -0.122. The third kappa shape index (κ3) is 6.97. The van der Waals surface area contributed by atoms with Gasteiger partial charge in [-0.15, -0.1) is 24.8 Å². The molecule has 1 rings (SSSR count). The van der Waals surface area contributed by atoms with Gasteiger partial charge in [-0.1, -0.05) is 51.1 Å². The van der Waals surface area contributed by atoms with Crippen LogP contribution in [0.4, 0.5) is 0 Å². The van der Waals surface area contributed by atoms with Crippen molar-refractivity contribution in [2.75, 3.05) is 19.6 Å². The average Bonchev–Trinajstić information content (AvgIpc) is 2.51. The monoisotopic (exact) mass is 349 g/mol. The number of carbonyl (C=O) groups excluding carboxylic acids is 1. The van der Waals surface area contributed by atoms with Gasteiger partial charge in [-0.2, -0.15) is 0 Å². The molecule has 0 fully saturated rings. The summed E-state index contributed by atoms with van der Waals surface area (Å²) in [6, 6.07) is 10.1. The van der Waals surface area contributed by atoms with Crippen molar-refractivity contribution >= 4 is 30.7 Å². The number of rotatable bonds is 8. The zero-order valence-electron chi connectivity index (χ0n) is 13.6. The maximum Gasteiger partial charge on any atom is 0.236 e. The van der Waals surface area contributed by atoms with Gasteiger partial charge in [-0.05, 0) is 25.1 Å². The number of nitrogens with two attached hydrogens (primary N) is 1. The van der Waals surface area contributed by atoms with E-state index in [4.69, 9.17) is 5.73 Å². The molecule has 0 aliphatic rings. The number of amides is 1. The lowest BCUT2D eigenvalue weighted by atomic mass is 10.0. The molecule has 1 aromatic carbocycles. The van der Waals surface area contributed by atoms with Gasteiger partial charge in [0.15, 0.2) is 0 Å². The molecule has 1 aromatic rings. The first-order valence-electron chi connectivity index (χ1n) is 7.46. The van der Waals surface area contributed by atoms with Gasteiger partial charge < -0.3 is 11.1 Å². The van der Waals surface area contributed by atoms with E-state index in [1.807, 2.05) is 25.1 Å². The molecule has 22 heavy (non-hydrogen) atoms. The molecule has 1 unspecified atom stereocenters. The number of nitrogens with zero attached hydrogens (tertiary/aromatic N) is 1. The highest BCUT2D eigenvalue weighted by Crippen LogP contribution is 2.19. The highest BCUT2D eigenvalue weighted by molar-refractivity contribution is 5.85. The molecule has 0 aliphatic heterocycles. The second kappa shape index (κ2) is 12.7. The van der Waals surface area contributed by atoms with Crippen molar-refractivity contribution in [2.24, 2.45) is 5.73 Å². The third-order valence-electron chi connectivity index (χ3n) is 3.68. The van der Waals surface area contributed by atoms with Crippen LogP contribution in [0.1, 0.15) is 38.8 Å². The molecule has 0 heterocycles. The van der Waals surface area contributed by atoms with Crippen LogP contribution in [0, 0.1) is 0 Å². The molecule has 4 nitrogen and oxygen atoms in total. The van der Waals surface area contributed by atoms with Crippen LogP contribution in [0.2, 0.25) is 0 Å². The van der Waals surface area contributed by atoms with Gasteiger partial charge >= 0.3 is 0 Å². The van der Waals surface area contributed by atoms with Crippen molar-refractivity contribution < 1.29 is 4.79 Å². The van der Waals surface area contributed by atoms with Crippen LogP contribution in [-0.2, 0) is 4.79 Å². The van der Waals surface area contributed by atoms with E-state index in [9.17, 15) is 4.79 Å². The molecule has 0 radical (unpaired) electrons. The Morgan fingerprint density at radius 2 is 1.68 bits per heavy atom. The molecule has 0 bridgehead atoms. The summed E-state index contributed by atoms with van der Waals surface area (Å²) < 4.78 is 0. The molecule has 0 spiro atoms. The van der Waals surface area contributed by atoms with Gasteiger partial charge in [0.05, 0.1) is 12.1 Å². The van der Waals surface area contributed by atoms with Crippen LogP contribution in [0.5, 0.6) is 0 Å². The minimum atomic E-state index is -0.414. The SMILES string of the molecule is CC[C@H](N)C(=O)NCC(c1ccccc1)N(CC)CC.Cl.Cl. The van der Waals surface area contributed by atoms with E-state index in [0.717, 1.165) is 13.1 Å². The molecule has 3 N–H and O–H groups in total. The zero-order valence-corrected chi connectivity index (χ0v) is 15.3. The highest BCUT2D eigenvalue weighted by atomic mass is 35.5. The first-order valence-corrected chi connectivity index (χ1v) is 7.46. The molecule has 2 atom stereocenters. The third-order valence-corrected chi connectivity index (χ3v) is 3.68. The molecule has 0 aliphatic carbocycles. The van der Waals surface area contributed by atoms with E-state index in [1.165, 1.54) is 5.56 Å². The van der Waals surface area contributed by atoms with Crippen LogP contribution >= 0.6 is 24.8 Å². The predicted molar refractivity (Wildman–Crippen MR) is 97.9 cm³/mol. The predicted octanol–water partition coefficient (Wildman–Crippen LogP) is 2.77. The largest absolute Gasteiger partial charge is 0.353 e. The molecule has 6 heteroatoms. The Bertz CT molecular complexity index is 400. The second-order valence-electron chi connectivity index (χ2n) is 4.91. The van der Waals surface area contributed by atoms with Crippen LogP contribution in [0.15, 0.2) is 30.3 Å². The van der Waals surface area contributed by atoms with Gasteiger partial charge in [0.2, 0.25) is 5.91 Å². The Labute approximate surface area is 146 Å². The van der Waals surface area contributed by atoms with E-state index < -0.39 is 6.04 Å². The van der Waals surface area contributed by atoms with Crippen molar-refractivity contribution in [3.63, 3.8) is 0 Å². The quantitative estimate of drug-likeness (QED) is 0.758. The summed E-state index contributed by atoms with van der Waals surface area (Å²) in [5, 5.41) is 2.98. The summed E-state index contributed by atoms with van der Waals surface area (Å²) >= 11 is 0. The number of halogens is 2. The van der Waals surface area contributed by atoms with Crippen molar-refractivity contribution in [3.8, 4) is 0 Å². The van der Waals surface area contributed by atoms with Crippen molar-refractivity contribution in [1.29, 1.82) is 0 Å². The van der Waals surface area contributed by atoms with E-state index in [2.05, 4.69) is 36.2 Å². The smallest absolute Gasteiger partial charge is 0.236 e. The first kappa shape index (κ1) is 23.5. The molecule has 0 aromatic heterocycles. The summed E-state index contributed by atoms with van der Waals surface area (Å²) in [4.78, 5) is 14.2. The maximum atomic E-state index is 11.9. The van der Waals surface area contributed by atoms with Crippen molar-refractivity contribution in [2.45, 2.75) is 39.3 Å². The number of hydrogen-bond acceptors (Lipinski definition) is 3. The van der Waals surface area contributed by atoms with E-state index in [-0.39, 0.29) is 36.8 Å². The van der Waals surface area contributed by atoms with Crippen LogP contribution in [-0.4, -0.2) is 36.5 Å². The van der Waals surface area contributed by atoms with E-state index >= 15 is 0 Å². The van der Waals surface area contributed by atoms with Gasteiger partial charge in [0.25, 0.3) is 0 Å². The summed E-state index contributed by atoms with van der Waals surface area (Å²) in [5.74, 6) is -0.0689. The van der Waals surface area contributed by atoms with E-state index in [0.29, 0.717) is 13.0 Å². The maximum absolute atomic E-state index is 11.9. The average molecular weight is 350 g/mol. The second-order valence-corrected chi connectivity index (χ2v) is 4.91. The summed E-state index contributed by atoms with van der Waals surface area (Å²) in [5.41, 5.74) is 6.98. The number of carbonyl (C=O) groups is 1. The summed E-state index contributed by atoms with van der Waals surface area (Å²) in [7, 11) is 0. The van der Waals surface area contributed by atoms with Gasteiger partial charge in [0, 0.05) is 6.54 Å². The molecule has 0 saturated heterocycles. The van der Waals surface area contributed by atoms with Gasteiger partial charge in [-0.3, -0.25) is 9.69 Å². The molecule has 128 valence electrons. The molecule has 0 saturated carbocycles. The number of likely N-dealkylation sites (N-methyl/N-ethyl adjacent to an activating group) is 1. The molecule has 1 amide bonds. The Balaban J connectivity index is 0. The zero-order chi connectivity index (χ0) is 15.0. The Hall–Kier alpha value is -0.810. The highest BCUT2D eigenvalue weighted by Gasteiger charge is 2.19. The van der Waals surface area contributed by atoms with Crippen LogP contribution in [0.3, 0.4) is 0 Å². The normalized spacial score (nSPS) is 12.8. The Morgan fingerprint density at radius 3 is 2.14 bits per heavy atom. The van der Waals surface area contributed by atoms with Crippen molar-refractivity contribution in [1.82, 2.24) is 10.2 Å².